The van der Waals surface area contributed by atoms with E-state index in [9.17, 15) is 0 Å². The van der Waals surface area contributed by atoms with Gasteiger partial charge in [0.2, 0.25) is 0 Å². The first kappa shape index (κ1) is 23.0. The summed E-state index contributed by atoms with van der Waals surface area (Å²) in [6, 6.07) is 6.44. The molecule has 0 radical (unpaired) electrons. The average Bonchev–Trinajstić information content (AvgIpc) is 3.34. The lowest BCUT2D eigenvalue weighted by Gasteiger charge is -2.24. The summed E-state index contributed by atoms with van der Waals surface area (Å²) in [5.41, 5.74) is 14.8. The van der Waals surface area contributed by atoms with E-state index in [-0.39, 0.29) is 0 Å². The smallest absolute Gasteiger partial charge is 0.0667 e. The lowest BCUT2D eigenvalue weighted by atomic mass is 9.87. The molecule has 6 nitrogen and oxygen atoms in total. The van der Waals surface area contributed by atoms with Gasteiger partial charge < -0.3 is 0 Å². The minimum atomic E-state index is 0.770. The number of hydrogen-bond acceptors (Lipinski definition) is 3. The van der Waals surface area contributed by atoms with Crippen LogP contribution in [0, 0.1) is 62.3 Å². The predicted octanol–water partition coefficient (Wildman–Crippen LogP) is 5.20. The molecular formula is C27H36N6. The van der Waals surface area contributed by atoms with Crippen molar-refractivity contribution in [1.29, 1.82) is 0 Å². The molecule has 3 heterocycles. The van der Waals surface area contributed by atoms with Gasteiger partial charge in [-0.15, -0.1) is 0 Å². The zero-order valence-electron chi connectivity index (χ0n) is 21.5. The van der Waals surface area contributed by atoms with Crippen molar-refractivity contribution < 1.29 is 0 Å². The summed E-state index contributed by atoms with van der Waals surface area (Å²) in [4.78, 5) is 0. The molecule has 0 saturated heterocycles. The molecule has 0 amide bonds. The maximum Gasteiger partial charge on any atom is 0.0667 e. The maximum atomic E-state index is 4.75. The molecule has 4 aromatic rings. The van der Waals surface area contributed by atoms with Crippen LogP contribution < -0.4 is 0 Å². The summed E-state index contributed by atoms with van der Waals surface area (Å²) in [7, 11) is 0. The fourth-order valence-electron chi connectivity index (χ4n) is 5.06. The van der Waals surface area contributed by atoms with Crippen molar-refractivity contribution in [3.8, 4) is 0 Å². The molecule has 0 N–H and O–H groups in total. The Morgan fingerprint density at radius 1 is 0.455 bits per heavy atom. The summed E-state index contributed by atoms with van der Waals surface area (Å²) < 4.78 is 6.38. The summed E-state index contributed by atoms with van der Waals surface area (Å²) in [6.45, 7) is 21.6. The molecule has 0 unspecified atom stereocenters. The third kappa shape index (κ3) is 4.39. The fraction of sp³-hybridized carbons (Fsp3) is 0.444. The Labute approximate surface area is 197 Å². The van der Waals surface area contributed by atoms with Crippen LogP contribution in [0.3, 0.4) is 0 Å². The Kier molecular flexibility index (Phi) is 6.04. The third-order valence-electron chi connectivity index (χ3n) is 6.95. The van der Waals surface area contributed by atoms with Gasteiger partial charge in [-0.25, -0.2) is 0 Å². The molecule has 0 spiro atoms. The number of rotatable bonds is 6. The first-order chi connectivity index (χ1) is 15.5. The average molecular weight is 445 g/mol. The Morgan fingerprint density at radius 3 is 0.879 bits per heavy atom. The van der Waals surface area contributed by atoms with Crippen LogP contribution in [0.2, 0.25) is 0 Å². The van der Waals surface area contributed by atoms with Gasteiger partial charge >= 0.3 is 0 Å². The van der Waals surface area contributed by atoms with Crippen molar-refractivity contribution in [2.24, 2.45) is 0 Å². The number of aromatic nitrogens is 6. The van der Waals surface area contributed by atoms with E-state index in [0.29, 0.717) is 0 Å². The monoisotopic (exact) mass is 444 g/mol. The minimum Gasteiger partial charge on any atom is -0.265 e. The molecule has 3 aromatic heterocycles. The molecule has 0 fully saturated rings. The van der Waals surface area contributed by atoms with Crippen LogP contribution in [0.1, 0.15) is 67.5 Å². The molecule has 0 bridgehead atoms. The van der Waals surface area contributed by atoms with E-state index in [4.69, 9.17) is 15.3 Å². The van der Waals surface area contributed by atoms with E-state index >= 15 is 0 Å². The van der Waals surface area contributed by atoms with Gasteiger partial charge in [0.1, 0.15) is 0 Å². The topological polar surface area (TPSA) is 53.5 Å². The van der Waals surface area contributed by atoms with Crippen molar-refractivity contribution in [2.45, 2.75) is 81.9 Å². The molecular weight excluding hydrogens is 408 g/mol. The maximum absolute atomic E-state index is 4.75. The van der Waals surface area contributed by atoms with Gasteiger partial charge in [-0.3, -0.25) is 14.0 Å². The summed E-state index contributed by atoms with van der Waals surface area (Å²) >= 11 is 0. The standard InChI is InChI=1S/C27H36N6/c1-16-10-19(4)31(28-16)13-25-22(7)26(14-32-20(5)11-17(2)29-32)24(9)27(23(25)8)15-33-21(6)12-18(3)30-33/h10-12H,13-15H2,1-9H3. The number of nitrogens with zero attached hydrogens (tertiary/aromatic N) is 6. The highest BCUT2D eigenvalue weighted by Crippen LogP contribution is 2.30. The molecule has 0 atom stereocenters. The highest BCUT2D eigenvalue weighted by Gasteiger charge is 2.20. The number of benzene rings is 1. The molecule has 4 rings (SSSR count). The molecule has 1 aromatic carbocycles. The van der Waals surface area contributed by atoms with Gasteiger partial charge in [0, 0.05) is 17.1 Å². The lowest BCUT2D eigenvalue weighted by molar-refractivity contribution is 0.624. The highest BCUT2D eigenvalue weighted by molar-refractivity contribution is 5.51. The van der Waals surface area contributed by atoms with Gasteiger partial charge in [-0.2, -0.15) is 15.3 Å². The Morgan fingerprint density at radius 2 is 0.697 bits per heavy atom. The van der Waals surface area contributed by atoms with E-state index in [1.54, 1.807) is 0 Å². The zero-order valence-corrected chi connectivity index (χ0v) is 21.5. The van der Waals surface area contributed by atoms with Gasteiger partial charge in [0.15, 0.2) is 0 Å². The second-order valence-corrected chi connectivity index (χ2v) is 9.56. The van der Waals surface area contributed by atoms with Crippen LogP contribution in [-0.4, -0.2) is 29.3 Å². The first-order valence-corrected chi connectivity index (χ1v) is 11.7. The van der Waals surface area contributed by atoms with Gasteiger partial charge in [0.25, 0.3) is 0 Å². The quantitative estimate of drug-likeness (QED) is 0.411. The van der Waals surface area contributed by atoms with Gasteiger partial charge in [0.05, 0.1) is 36.7 Å². The molecule has 174 valence electrons. The van der Waals surface area contributed by atoms with Crippen LogP contribution in [0.5, 0.6) is 0 Å². The Balaban J connectivity index is 1.88. The van der Waals surface area contributed by atoms with Crippen LogP contribution in [0.25, 0.3) is 0 Å². The van der Waals surface area contributed by atoms with Crippen LogP contribution in [-0.2, 0) is 19.6 Å². The van der Waals surface area contributed by atoms with Crippen molar-refractivity contribution in [3.63, 3.8) is 0 Å². The highest BCUT2D eigenvalue weighted by atomic mass is 15.3. The molecule has 0 saturated carbocycles. The molecule has 0 aliphatic rings. The predicted molar refractivity (Wildman–Crippen MR) is 133 cm³/mol. The van der Waals surface area contributed by atoms with Crippen molar-refractivity contribution >= 4 is 0 Å². The lowest BCUT2D eigenvalue weighted by Crippen LogP contribution is -2.17. The Hall–Kier alpha value is -3.15. The fourth-order valence-corrected chi connectivity index (χ4v) is 5.06. The van der Waals surface area contributed by atoms with Gasteiger partial charge in [-0.05, 0) is 114 Å². The molecule has 33 heavy (non-hydrogen) atoms. The summed E-state index contributed by atoms with van der Waals surface area (Å²) in [5.74, 6) is 0. The van der Waals surface area contributed by atoms with E-state index in [1.807, 2.05) is 0 Å². The summed E-state index contributed by atoms with van der Waals surface area (Å²) in [5, 5.41) is 14.3. The van der Waals surface area contributed by atoms with E-state index in [2.05, 4.69) is 94.6 Å². The van der Waals surface area contributed by atoms with Crippen LogP contribution in [0.4, 0.5) is 0 Å². The second kappa shape index (κ2) is 8.65. The molecule has 0 aliphatic heterocycles. The number of hydrogen-bond donors (Lipinski definition) is 0. The SMILES string of the molecule is Cc1cc(C)n(Cc2c(C)c(Cn3nc(C)cc3C)c(C)c(Cn3nc(C)cc3C)c2C)n1. The first-order valence-electron chi connectivity index (χ1n) is 11.7. The van der Waals surface area contributed by atoms with Gasteiger partial charge in [-0.1, -0.05) is 0 Å². The van der Waals surface area contributed by atoms with Crippen LogP contribution >= 0.6 is 0 Å². The molecule has 0 aliphatic carbocycles. The third-order valence-corrected chi connectivity index (χ3v) is 6.95. The molecule has 6 heteroatoms. The Bertz CT molecular complexity index is 1150. The van der Waals surface area contributed by atoms with E-state index in [1.165, 1.54) is 50.5 Å². The van der Waals surface area contributed by atoms with E-state index < -0.39 is 0 Å². The van der Waals surface area contributed by atoms with Crippen molar-refractivity contribution in [1.82, 2.24) is 29.3 Å². The zero-order chi connectivity index (χ0) is 24.0. The van der Waals surface area contributed by atoms with Crippen molar-refractivity contribution in [3.05, 3.63) is 85.7 Å². The van der Waals surface area contributed by atoms with Crippen LogP contribution in [0.15, 0.2) is 18.2 Å². The summed E-state index contributed by atoms with van der Waals surface area (Å²) in [6.07, 6.45) is 0. The number of aryl methyl sites for hydroxylation is 6. The normalized spacial score (nSPS) is 11.5. The largest absolute Gasteiger partial charge is 0.265 e. The second-order valence-electron chi connectivity index (χ2n) is 9.56. The van der Waals surface area contributed by atoms with Crippen molar-refractivity contribution in [2.75, 3.05) is 0 Å². The minimum absolute atomic E-state index is 0.770. The van der Waals surface area contributed by atoms with E-state index in [0.717, 1.165) is 36.7 Å².